The lowest BCUT2D eigenvalue weighted by Gasteiger charge is -2.19. The minimum absolute atomic E-state index is 0.0860. The fourth-order valence-corrected chi connectivity index (χ4v) is 1.95. The van der Waals surface area contributed by atoms with Crippen molar-refractivity contribution < 1.29 is 4.79 Å². The number of nitrogen functional groups attached to an aromatic ring is 1. The highest BCUT2D eigenvalue weighted by molar-refractivity contribution is 9.10. The van der Waals surface area contributed by atoms with Crippen molar-refractivity contribution in [3.05, 3.63) is 22.2 Å². The van der Waals surface area contributed by atoms with E-state index in [2.05, 4.69) is 15.9 Å². The van der Waals surface area contributed by atoms with E-state index in [9.17, 15) is 4.79 Å². The van der Waals surface area contributed by atoms with Crippen molar-refractivity contribution >= 4 is 44.7 Å². The highest BCUT2D eigenvalue weighted by Crippen LogP contribution is 2.31. The molecule has 0 amide bonds. The summed E-state index contributed by atoms with van der Waals surface area (Å²) in [7, 11) is 3.76. The first-order valence-electron chi connectivity index (χ1n) is 5.33. The molecule has 5 heteroatoms. The number of carbonyl (C=O) groups is 1. The Bertz CT molecular complexity index is 435. The van der Waals surface area contributed by atoms with E-state index in [-0.39, 0.29) is 5.78 Å². The third-order valence-electron chi connectivity index (χ3n) is 2.51. The normalized spacial score (nSPS) is 12.3. The molecule has 2 N–H and O–H groups in total. The standard InChI is InChI=1S/C12H16BrClN2O/c1-4-9(14)12(17)7-5-10(15)8(13)6-11(7)16(2)3/h5-6,9H,4,15H2,1-3H3. The Balaban J connectivity index is 3.30. The molecule has 0 saturated carbocycles. The fourth-order valence-electron chi connectivity index (χ4n) is 1.50. The molecule has 0 radical (unpaired) electrons. The third-order valence-corrected chi connectivity index (χ3v) is 3.70. The van der Waals surface area contributed by atoms with Gasteiger partial charge in [0.25, 0.3) is 0 Å². The molecule has 3 nitrogen and oxygen atoms in total. The first-order valence-corrected chi connectivity index (χ1v) is 6.56. The van der Waals surface area contributed by atoms with Crippen LogP contribution in [-0.4, -0.2) is 25.3 Å². The first kappa shape index (κ1) is 14.3. The van der Waals surface area contributed by atoms with E-state index in [1.807, 2.05) is 32.0 Å². The van der Waals surface area contributed by atoms with Crippen LogP contribution in [0.3, 0.4) is 0 Å². The van der Waals surface area contributed by atoms with Gasteiger partial charge in [0.2, 0.25) is 0 Å². The summed E-state index contributed by atoms with van der Waals surface area (Å²) in [6, 6.07) is 3.51. The fraction of sp³-hybridized carbons (Fsp3) is 0.417. The Morgan fingerprint density at radius 3 is 2.59 bits per heavy atom. The van der Waals surface area contributed by atoms with Crippen molar-refractivity contribution in [3.63, 3.8) is 0 Å². The Morgan fingerprint density at radius 1 is 1.53 bits per heavy atom. The van der Waals surface area contributed by atoms with Crippen molar-refractivity contribution in [2.24, 2.45) is 0 Å². The van der Waals surface area contributed by atoms with Gasteiger partial charge in [-0.1, -0.05) is 6.92 Å². The van der Waals surface area contributed by atoms with E-state index in [0.717, 1.165) is 10.2 Å². The SMILES string of the molecule is CCC(Cl)C(=O)c1cc(N)c(Br)cc1N(C)C. The van der Waals surface area contributed by atoms with Crippen molar-refractivity contribution in [1.29, 1.82) is 0 Å². The molecule has 1 rings (SSSR count). The van der Waals surface area contributed by atoms with E-state index < -0.39 is 5.38 Å². The second-order valence-electron chi connectivity index (χ2n) is 4.03. The van der Waals surface area contributed by atoms with E-state index in [1.54, 1.807) is 6.07 Å². The first-order chi connectivity index (χ1) is 7.88. The molecule has 0 bridgehead atoms. The number of ketones is 1. The van der Waals surface area contributed by atoms with Gasteiger partial charge in [-0.3, -0.25) is 4.79 Å². The molecule has 0 fully saturated rings. The molecule has 0 aliphatic carbocycles. The number of alkyl halides is 1. The maximum Gasteiger partial charge on any atom is 0.182 e. The average molecular weight is 320 g/mol. The predicted molar refractivity (Wildman–Crippen MR) is 77.1 cm³/mol. The van der Waals surface area contributed by atoms with Gasteiger partial charge in [0.1, 0.15) is 0 Å². The minimum atomic E-state index is -0.505. The quantitative estimate of drug-likeness (QED) is 0.526. The zero-order valence-electron chi connectivity index (χ0n) is 10.1. The van der Waals surface area contributed by atoms with Gasteiger partial charge in [0.15, 0.2) is 5.78 Å². The summed E-state index contributed by atoms with van der Waals surface area (Å²) in [6.07, 6.45) is 0.600. The molecular weight excluding hydrogens is 304 g/mol. The molecule has 0 saturated heterocycles. The van der Waals surface area contributed by atoms with Crippen molar-refractivity contribution in [2.45, 2.75) is 18.7 Å². The number of halogens is 2. The maximum atomic E-state index is 12.1. The summed E-state index contributed by atoms with van der Waals surface area (Å²) in [5.74, 6) is -0.0860. The van der Waals surface area contributed by atoms with Crippen molar-refractivity contribution in [3.8, 4) is 0 Å². The van der Waals surface area contributed by atoms with E-state index in [0.29, 0.717) is 17.7 Å². The Kier molecular flexibility index (Phi) is 4.83. The van der Waals surface area contributed by atoms with Gasteiger partial charge in [-0.25, -0.2) is 0 Å². The molecular formula is C12H16BrClN2O. The van der Waals surface area contributed by atoms with Crippen molar-refractivity contribution in [1.82, 2.24) is 0 Å². The Labute approximate surface area is 115 Å². The smallest absolute Gasteiger partial charge is 0.182 e. The van der Waals surface area contributed by atoms with Gasteiger partial charge in [0.05, 0.1) is 5.38 Å². The number of nitrogens with two attached hydrogens (primary N) is 1. The molecule has 1 aromatic carbocycles. The number of rotatable bonds is 4. The number of anilines is 2. The molecule has 0 aliphatic rings. The number of hydrogen-bond acceptors (Lipinski definition) is 3. The zero-order valence-corrected chi connectivity index (χ0v) is 12.5. The van der Waals surface area contributed by atoms with Gasteiger partial charge in [0, 0.05) is 35.5 Å². The van der Waals surface area contributed by atoms with Gasteiger partial charge >= 0.3 is 0 Å². The van der Waals surface area contributed by atoms with Crippen LogP contribution in [0.2, 0.25) is 0 Å². The third kappa shape index (κ3) is 3.13. The number of benzene rings is 1. The summed E-state index contributed by atoms with van der Waals surface area (Å²) in [5, 5.41) is -0.505. The zero-order chi connectivity index (χ0) is 13.2. The van der Waals surface area contributed by atoms with Gasteiger partial charge < -0.3 is 10.6 Å². The molecule has 1 aromatic rings. The lowest BCUT2D eigenvalue weighted by Crippen LogP contribution is -2.19. The van der Waals surface area contributed by atoms with Gasteiger partial charge in [-0.2, -0.15) is 0 Å². The Hall–Kier alpha value is -0.740. The van der Waals surface area contributed by atoms with Crippen LogP contribution in [-0.2, 0) is 0 Å². The molecule has 94 valence electrons. The van der Waals surface area contributed by atoms with Crippen LogP contribution in [0.25, 0.3) is 0 Å². The van der Waals surface area contributed by atoms with E-state index >= 15 is 0 Å². The van der Waals surface area contributed by atoms with Crippen LogP contribution in [0.4, 0.5) is 11.4 Å². The van der Waals surface area contributed by atoms with Crippen LogP contribution < -0.4 is 10.6 Å². The van der Waals surface area contributed by atoms with Crippen LogP contribution in [0, 0.1) is 0 Å². The number of hydrogen-bond donors (Lipinski definition) is 1. The van der Waals surface area contributed by atoms with Crippen LogP contribution in [0.5, 0.6) is 0 Å². The maximum absolute atomic E-state index is 12.1. The molecule has 0 aromatic heterocycles. The lowest BCUT2D eigenvalue weighted by atomic mass is 10.0. The molecule has 0 spiro atoms. The number of nitrogens with zero attached hydrogens (tertiary/aromatic N) is 1. The van der Waals surface area contributed by atoms with Crippen LogP contribution >= 0.6 is 27.5 Å². The number of carbonyl (C=O) groups excluding carboxylic acids is 1. The molecule has 0 aliphatic heterocycles. The largest absolute Gasteiger partial charge is 0.398 e. The number of Topliss-reactive ketones (excluding diaryl/α,β-unsaturated/α-hetero) is 1. The molecule has 0 heterocycles. The van der Waals surface area contributed by atoms with Gasteiger partial charge in [-0.05, 0) is 34.5 Å². The average Bonchev–Trinajstić information content (AvgIpc) is 2.29. The lowest BCUT2D eigenvalue weighted by molar-refractivity contribution is 0.0986. The monoisotopic (exact) mass is 318 g/mol. The second-order valence-corrected chi connectivity index (χ2v) is 5.41. The van der Waals surface area contributed by atoms with Crippen LogP contribution in [0.1, 0.15) is 23.7 Å². The van der Waals surface area contributed by atoms with Gasteiger partial charge in [-0.15, -0.1) is 11.6 Å². The second kappa shape index (κ2) is 5.74. The minimum Gasteiger partial charge on any atom is -0.398 e. The molecule has 1 atom stereocenters. The van der Waals surface area contributed by atoms with E-state index in [1.165, 1.54) is 0 Å². The highest BCUT2D eigenvalue weighted by atomic mass is 79.9. The van der Waals surface area contributed by atoms with Crippen molar-refractivity contribution in [2.75, 3.05) is 24.7 Å². The highest BCUT2D eigenvalue weighted by Gasteiger charge is 2.20. The Morgan fingerprint density at radius 2 is 2.12 bits per heavy atom. The summed E-state index contributed by atoms with van der Waals surface area (Å²) in [6.45, 7) is 1.88. The topological polar surface area (TPSA) is 46.3 Å². The predicted octanol–water partition coefficient (Wildman–Crippen LogP) is 3.30. The molecule has 1 unspecified atom stereocenters. The summed E-state index contributed by atoms with van der Waals surface area (Å²) < 4.78 is 0.778. The summed E-state index contributed by atoms with van der Waals surface area (Å²) in [5.41, 5.74) is 7.73. The molecule has 17 heavy (non-hydrogen) atoms. The van der Waals surface area contributed by atoms with E-state index in [4.69, 9.17) is 17.3 Å². The van der Waals surface area contributed by atoms with Crippen LogP contribution in [0.15, 0.2) is 16.6 Å². The summed E-state index contributed by atoms with van der Waals surface area (Å²) in [4.78, 5) is 14.0. The summed E-state index contributed by atoms with van der Waals surface area (Å²) >= 11 is 9.35.